The predicted molar refractivity (Wildman–Crippen MR) is 126 cm³/mol. The number of rotatable bonds is 7. The number of aromatic nitrogens is 3. The second kappa shape index (κ2) is 10.6. The van der Waals surface area contributed by atoms with Crippen LogP contribution in [0.4, 0.5) is 17.5 Å². The first-order valence-corrected chi connectivity index (χ1v) is 10.8. The number of nitrogens with one attached hydrogen (secondary N) is 2. The van der Waals surface area contributed by atoms with Gasteiger partial charge >= 0.3 is 0 Å². The van der Waals surface area contributed by atoms with E-state index in [-0.39, 0.29) is 18.1 Å². The van der Waals surface area contributed by atoms with Gasteiger partial charge in [-0.1, -0.05) is 0 Å². The summed E-state index contributed by atoms with van der Waals surface area (Å²) in [5.41, 5.74) is 3.16. The van der Waals surface area contributed by atoms with Crippen LogP contribution in [0, 0.1) is 18.3 Å². The molecule has 0 bridgehead atoms. The van der Waals surface area contributed by atoms with E-state index in [9.17, 15) is 4.79 Å². The van der Waals surface area contributed by atoms with Crippen molar-refractivity contribution in [2.75, 3.05) is 43.6 Å². The second-order valence-electron chi connectivity index (χ2n) is 7.62. The molecule has 0 unspecified atom stereocenters. The molecule has 2 aromatic heterocycles. The highest BCUT2D eigenvalue weighted by Crippen LogP contribution is 2.24. The first-order valence-electron chi connectivity index (χ1n) is 10.8. The number of morpholine rings is 1. The lowest BCUT2D eigenvalue weighted by Gasteiger charge is -2.28. The Kier molecular flexibility index (Phi) is 7.15. The van der Waals surface area contributed by atoms with Gasteiger partial charge in [0.25, 0.3) is 5.91 Å². The minimum Gasteiger partial charge on any atom is -0.495 e. The molecule has 1 fully saturated rings. The smallest absolute Gasteiger partial charge is 0.270 e. The third kappa shape index (κ3) is 5.39. The number of amides is 1. The highest BCUT2D eigenvalue weighted by molar-refractivity contribution is 5.92. The summed E-state index contributed by atoms with van der Waals surface area (Å²) in [6, 6.07) is 12.5. The zero-order valence-electron chi connectivity index (χ0n) is 19.0. The molecule has 10 nitrogen and oxygen atoms in total. The van der Waals surface area contributed by atoms with Crippen LogP contribution in [0.25, 0.3) is 0 Å². The van der Waals surface area contributed by atoms with Crippen LogP contribution in [0.5, 0.6) is 5.75 Å². The molecule has 0 atom stereocenters. The lowest BCUT2D eigenvalue weighted by atomic mass is 10.2. The highest BCUT2D eigenvalue weighted by Gasteiger charge is 2.19. The topological polar surface area (TPSA) is 125 Å². The third-order valence-corrected chi connectivity index (χ3v) is 5.43. The third-order valence-electron chi connectivity index (χ3n) is 5.43. The van der Waals surface area contributed by atoms with E-state index in [2.05, 4.69) is 26.6 Å². The van der Waals surface area contributed by atoms with E-state index in [4.69, 9.17) is 24.7 Å². The Morgan fingerprint density at radius 1 is 1.18 bits per heavy atom. The van der Waals surface area contributed by atoms with Crippen molar-refractivity contribution >= 4 is 23.4 Å². The van der Waals surface area contributed by atoms with Gasteiger partial charge in [-0.15, -0.1) is 0 Å². The summed E-state index contributed by atoms with van der Waals surface area (Å²) in [4.78, 5) is 28.3. The largest absolute Gasteiger partial charge is 0.495 e. The first kappa shape index (κ1) is 22.9. The van der Waals surface area contributed by atoms with Crippen LogP contribution in [-0.2, 0) is 11.3 Å². The molecule has 1 aliphatic heterocycles. The summed E-state index contributed by atoms with van der Waals surface area (Å²) in [5.74, 6) is 1.47. The molecule has 10 heteroatoms. The van der Waals surface area contributed by atoms with Crippen molar-refractivity contribution in [3.05, 3.63) is 65.1 Å². The van der Waals surface area contributed by atoms with Gasteiger partial charge in [-0.3, -0.25) is 4.79 Å². The standard InChI is InChI=1S/C24H25N7O3/c1-16-21(15-27-23(32)20-8-7-19(33-2)14-26-20)29-24(31-9-11-34-12-10-31)30-22(16)28-18-5-3-17(13-25)4-6-18/h3-8,14H,9-12,15H2,1-2H3,(H,27,32)(H,28,29,30). The lowest BCUT2D eigenvalue weighted by molar-refractivity contribution is 0.0945. The van der Waals surface area contributed by atoms with Crippen molar-refractivity contribution in [3.63, 3.8) is 0 Å². The number of benzene rings is 1. The van der Waals surface area contributed by atoms with Gasteiger partial charge in [-0.2, -0.15) is 10.2 Å². The van der Waals surface area contributed by atoms with Crippen molar-refractivity contribution in [1.82, 2.24) is 20.3 Å². The number of methoxy groups -OCH3 is 1. The van der Waals surface area contributed by atoms with E-state index in [1.165, 1.54) is 6.20 Å². The van der Waals surface area contributed by atoms with E-state index in [1.807, 2.05) is 19.1 Å². The van der Waals surface area contributed by atoms with Gasteiger partial charge in [0.2, 0.25) is 5.95 Å². The van der Waals surface area contributed by atoms with E-state index < -0.39 is 0 Å². The fourth-order valence-corrected chi connectivity index (χ4v) is 3.40. The molecular formula is C24H25N7O3. The van der Waals surface area contributed by atoms with E-state index >= 15 is 0 Å². The summed E-state index contributed by atoms with van der Waals surface area (Å²) < 4.78 is 10.5. The van der Waals surface area contributed by atoms with Gasteiger partial charge in [0.05, 0.1) is 50.4 Å². The maximum absolute atomic E-state index is 12.6. The highest BCUT2D eigenvalue weighted by atomic mass is 16.5. The van der Waals surface area contributed by atoms with Gasteiger partial charge in [0, 0.05) is 24.3 Å². The molecule has 1 saturated heterocycles. The Morgan fingerprint density at radius 2 is 1.94 bits per heavy atom. The fourth-order valence-electron chi connectivity index (χ4n) is 3.40. The number of nitriles is 1. The van der Waals surface area contributed by atoms with Crippen molar-refractivity contribution < 1.29 is 14.3 Å². The predicted octanol–water partition coefficient (Wildman–Crippen LogP) is 2.57. The Morgan fingerprint density at radius 3 is 2.59 bits per heavy atom. The number of pyridine rings is 1. The zero-order valence-corrected chi connectivity index (χ0v) is 19.0. The Bertz CT molecular complexity index is 1180. The summed E-state index contributed by atoms with van der Waals surface area (Å²) in [6.45, 7) is 4.68. The SMILES string of the molecule is COc1ccc(C(=O)NCc2nc(N3CCOCC3)nc(Nc3ccc(C#N)cc3)c2C)nc1. The molecule has 1 aliphatic rings. The normalized spacial score (nSPS) is 13.1. The number of nitrogens with zero attached hydrogens (tertiary/aromatic N) is 5. The number of anilines is 3. The van der Waals surface area contributed by atoms with Gasteiger partial charge in [0.1, 0.15) is 17.3 Å². The van der Waals surface area contributed by atoms with Crippen LogP contribution < -0.4 is 20.3 Å². The van der Waals surface area contributed by atoms with Crippen LogP contribution in [0.1, 0.15) is 27.3 Å². The number of carbonyl (C=O) groups is 1. The fraction of sp³-hybridized carbons (Fsp3) is 0.292. The zero-order chi connectivity index (χ0) is 23.9. The number of carbonyl (C=O) groups excluding carboxylic acids is 1. The van der Waals surface area contributed by atoms with Crippen LogP contribution >= 0.6 is 0 Å². The summed E-state index contributed by atoms with van der Waals surface area (Å²) in [5, 5.41) is 15.2. The van der Waals surface area contributed by atoms with Gasteiger partial charge in [-0.05, 0) is 43.3 Å². The number of hydrogen-bond acceptors (Lipinski definition) is 9. The molecule has 1 amide bonds. The summed E-state index contributed by atoms with van der Waals surface area (Å²) in [6.07, 6.45) is 1.50. The van der Waals surface area contributed by atoms with Crippen molar-refractivity contribution in [2.24, 2.45) is 0 Å². The molecule has 34 heavy (non-hydrogen) atoms. The van der Waals surface area contributed by atoms with Gasteiger partial charge in [-0.25, -0.2) is 9.97 Å². The van der Waals surface area contributed by atoms with E-state index in [0.717, 1.165) is 11.3 Å². The molecule has 3 heterocycles. The molecule has 0 saturated carbocycles. The molecule has 0 aliphatic carbocycles. The van der Waals surface area contributed by atoms with Crippen LogP contribution in [-0.4, -0.2) is 54.3 Å². The van der Waals surface area contributed by atoms with Crippen LogP contribution in [0.3, 0.4) is 0 Å². The molecule has 2 N–H and O–H groups in total. The molecule has 4 rings (SSSR count). The second-order valence-corrected chi connectivity index (χ2v) is 7.62. The molecule has 3 aromatic rings. The molecule has 0 spiro atoms. The molecule has 1 aromatic carbocycles. The summed E-state index contributed by atoms with van der Waals surface area (Å²) in [7, 11) is 1.55. The van der Waals surface area contributed by atoms with Crippen molar-refractivity contribution in [2.45, 2.75) is 13.5 Å². The van der Waals surface area contributed by atoms with E-state index in [1.54, 1.807) is 31.4 Å². The minimum atomic E-state index is -0.310. The van der Waals surface area contributed by atoms with E-state index in [0.29, 0.717) is 55.1 Å². The minimum absolute atomic E-state index is 0.209. The maximum atomic E-state index is 12.6. The lowest BCUT2D eigenvalue weighted by Crippen LogP contribution is -2.38. The maximum Gasteiger partial charge on any atom is 0.270 e. The average Bonchev–Trinajstić information content (AvgIpc) is 2.90. The summed E-state index contributed by atoms with van der Waals surface area (Å²) >= 11 is 0. The van der Waals surface area contributed by atoms with Crippen molar-refractivity contribution in [3.8, 4) is 11.8 Å². The molecular weight excluding hydrogens is 434 g/mol. The van der Waals surface area contributed by atoms with Crippen LogP contribution in [0.2, 0.25) is 0 Å². The first-order chi connectivity index (χ1) is 16.6. The van der Waals surface area contributed by atoms with Crippen molar-refractivity contribution in [1.29, 1.82) is 5.26 Å². The monoisotopic (exact) mass is 459 g/mol. The Labute approximate surface area is 197 Å². The number of ether oxygens (including phenoxy) is 2. The molecule has 174 valence electrons. The quantitative estimate of drug-likeness (QED) is 0.548. The van der Waals surface area contributed by atoms with Gasteiger partial charge < -0.3 is 25.0 Å². The Hall–Kier alpha value is -4.23. The number of hydrogen-bond donors (Lipinski definition) is 2. The average molecular weight is 460 g/mol. The Balaban J connectivity index is 1.58. The van der Waals surface area contributed by atoms with Crippen LogP contribution in [0.15, 0.2) is 42.6 Å². The molecule has 0 radical (unpaired) electrons. The van der Waals surface area contributed by atoms with Gasteiger partial charge in [0.15, 0.2) is 0 Å².